The van der Waals surface area contributed by atoms with Crippen LogP contribution in [0.25, 0.3) is 0 Å². The lowest BCUT2D eigenvalue weighted by Gasteiger charge is -2.21. The minimum absolute atomic E-state index is 0.0228. The van der Waals surface area contributed by atoms with Gasteiger partial charge in [-0.2, -0.15) is 10.1 Å². The van der Waals surface area contributed by atoms with E-state index in [0.29, 0.717) is 17.5 Å². The summed E-state index contributed by atoms with van der Waals surface area (Å²) in [5, 5.41) is 17.0. The summed E-state index contributed by atoms with van der Waals surface area (Å²) in [6.45, 7) is 0. The molecule has 0 saturated carbocycles. The predicted octanol–water partition coefficient (Wildman–Crippen LogP) is 0.726. The molecule has 4 rings (SSSR count). The monoisotopic (exact) mass is 371 g/mol. The van der Waals surface area contributed by atoms with Gasteiger partial charge < -0.3 is 5.32 Å². The lowest BCUT2D eigenvalue weighted by Crippen LogP contribution is -2.44. The number of sulfonamides is 1. The van der Waals surface area contributed by atoms with Gasteiger partial charge in [-0.1, -0.05) is 4.59 Å². The summed E-state index contributed by atoms with van der Waals surface area (Å²) in [7, 11) is -1.91. The van der Waals surface area contributed by atoms with Gasteiger partial charge in [0.25, 0.3) is 11.8 Å². The van der Waals surface area contributed by atoms with Gasteiger partial charge in [0.15, 0.2) is 6.20 Å². The summed E-state index contributed by atoms with van der Waals surface area (Å²) < 4.78 is 24.4. The topological polar surface area (TPSA) is 127 Å². The lowest BCUT2D eigenvalue weighted by molar-refractivity contribution is 0.591. The average Bonchev–Trinajstić information content (AvgIpc) is 3.18. The zero-order chi connectivity index (χ0) is 18.4. The molecule has 3 N–H and O–H groups in total. The van der Waals surface area contributed by atoms with Crippen molar-refractivity contribution in [2.45, 2.75) is 4.90 Å². The molecule has 11 heteroatoms. The number of aromatic nitrogens is 2. The second-order valence-corrected chi connectivity index (χ2v) is 7.28. The Morgan fingerprint density at radius 2 is 2.00 bits per heavy atom. The molecule has 0 bridgehead atoms. The molecule has 1 aromatic heterocycles. The van der Waals surface area contributed by atoms with Crippen LogP contribution in [0.15, 0.2) is 69.0 Å². The van der Waals surface area contributed by atoms with Crippen molar-refractivity contribution in [1.29, 1.82) is 0 Å². The summed E-state index contributed by atoms with van der Waals surface area (Å²) in [6.07, 6.45) is 8.65. The smallest absolute Gasteiger partial charge is 0.287 e. The van der Waals surface area contributed by atoms with Crippen LogP contribution in [0.4, 0.5) is 11.4 Å². The van der Waals surface area contributed by atoms with Gasteiger partial charge in [0.2, 0.25) is 15.7 Å². The Hall–Kier alpha value is -3.15. The molecule has 0 fully saturated rings. The molecule has 0 saturated heterocycles. The largest absolute Gasteiger partial charge is 0.320 e. The van der Waals surface area contributed by atoms with Gasteiger partial charge in [-0.3, -0.25) is 9.67 Å². The first kappa shape index (κ1) is 16.3. The van der Waals surface area contributed by atoms with Crippen LogP contribution in [0.1, 0.15) is 0 Å². The number of guanidine groups is 1. The van der Waals surface area contributed by atoms with E-state index < -0.39 is 10.0 Å². The average molecular weight is 371 g/mol. The third kappa shape index (κ3) is 2.73. The Balaban J connectivity index is 1.67. The van der Waals surface area contributed by atoms with E-state index in [0.717, 1.165) is 5.69 Å². The second-order valence-electron chi connectivity index (χ2n) is 5.72. The van der Waals surface area contributed by atoms with Crippen molar-refractivity contribution in [3.05, 3.63) is 49.1 Å². The Morgan fingerprint density at radius 1 is 1.23 bits per heavy atom. The number of hydrogen-bond donors (Lipinski definition) is 2. The molecule has 26 heavy (non-hydrogen) atoms. The molecule has 2 aromatic rings. The first-order valence-corrected chi connectivity index (χ1v) is 9.10. The van der Waals surface area contributed by atoms with E-state index in [4.69, 9.17) is 5.14 Å². The first-order chi connectivity index (χ1) is 12.4. The van der Waals surface area contributed by atoms with E-state index in [1.165, 1.54) is 12.1 Å². The van der Waals surface area contributed by atoms with Crippen molar-refractivity contribution in [1.82, 2.24) is 14.4 Å². The van der Waals surface area contributed by atoms with Gasteiger partial charge in [0.05, 0.1) is 17.3 Å². The number of nitrogens with one attached hydrogen (secondary N) is 1. The van der Waals surface area contributed by atoms with Crippen LogP contribution in [-0.2, 0) is 17.1 Å². The Morgan fingerprint density at radius 3 is 2.65 bits per heavy atom. The number of benzene rings is 1. The summed E-state index contributed by atoms with van der Waals surface area (Å²) in [6, 6.07) is 6.02. The minimum Gasteiger partial charge on any atom is -0.320 e. The van der Waals surface area contributed by atoms with Crippen LogP contribution in [0, 0.1) is 0 Å². The number of nitrogens with two attached hydrogens (primary N) is 1. The maximum atomic E-state index is 11.3. The number of nitrogens with zero attached hydrogens (tertiary/aromatic N) is 6. The van der Waals surface area contributed by atoms with Gasteiger partial charge >= 0.3 is 0 Å². The number of hydrogen-bond acceptors (Lipinski definition) is 7. The molecule has 0 spiro atoms. The maximum Gasteiger partial charge on any atom is 0.287 e. The van der Waals surface area contributed by atoms with Crippen molar-refractivity contribution in [3.63, 3.8) is 0 Å². The van der Waals surface area contributed by atoms with E-state index in [-0.39, 0.29) is 9.49 Å². The normalized spacial score (nSPS) is 21.3. The van der Waals surface area contributed by atoms with Gasteiger partial charge in [-0.25, -0.2) is 13.6 Å². The van der Waals surface area contributed by atoms with E-state index in [1.54, 1.807) is 41.6 Å². The number of anilines is 1. The van der Waals surface area contributed by atoms with Crippen molar-refractivity contribution < 1.29 is 8.42 Å². The number of quaternary nitrogens is 1. The zero-order valence-electron chi connectivity index (χ0n) is 13.7. The lowest BCUT2D eigenvalue weighted by atomic mass is 10.3. The third-order valence-electron chi connectivity index (χ3n) is 3.90. The van der Waals surface area contributed by atoms with Gasteiger partial charge in [-0.15, -0.1) is 0 Å². The minimum atomic E-state index is -3.73. The van der Waals surface area contributed by atoms with E-state index in [1.807, 2.05) is 13.2 Å². The number of aryl methyl sites for hydroxylation is 1. The molecular weight excluding hydrogens is 356 g/mol. The number of amidine groups is 1. The highest BCUT2D eigenvalue weighted by Crippen LogP contribution is 2.30. The molecule has 3 heterocycles. The standard InChI is InChI=1S/C15H15N8O2S/c1-22-10-12(8-18-22)23-7-6-17-9-14(23)20-15(21-23)19-11-2-4-13(5-3-11)26(16,24)25/h2-10H,1H3,(H,19,21)(H2,16,24,25)/q+1. The van der Waals surface area contributed by atoms with Crippen LogP contribution in [0.2, 0.25) is 0 Å². The molecule has 0 aliphatic carbocycles. The first-order valence-electron chi connectivity index (χ1n) is 7.55. The number of primary sulfonamides is 1. The van der Waals surface area contributed by atoms with Crippen molar-refractivity contribution in [3.8, 4) is 0 Å². The molecule has 0 amide bonds. The Bertz CT molecular complexity index is 1090. The van der Waals surface area contributed by atoms with Crippen molar-refractivity contribution in [2.75, 3.05) is 5.32 Å². The fourth-order valence-electron chi connectivity index (χ4n) is 2.65. The van der Waals surface area contributed by atoms with Crippen molar-refractivity contribution in [2.24, 2.45) is 27.3 Å². The van der Waals surface area contributed by atoms with Crippen LogP contribution in [0.5, 0.6) is 0 Å². The van der Waals surface area contributed by atoms with Crippen molar-refractivity contribution >= 4 is 39.4 Å². The zero-order valence-corrected chi connectivity index (χ0v) is 14.5. The third-order valence-corrected chi connectivity index (χ3v) is 4.83. The van der Waals surface area contributed by atoms with E-state index in [2.05, 4.69) is 25.5 Å². The fourth-order valence-corrected chi connectivity index (χ4v) is 3.16. The summed E-state index contributed by atoms with van der Waals surface area (Å²) in [4.78, 5) is 8.63. The van der Waals surface area contributed by atoms with Crippen LogP contribution < -0.4 is 15.0 Å². The fraction of sp³-hybridized carbons (Fsp3) is 0.0667. The number of fused-ring (bicyclic) bond motifs is 1. The molecule has 2 aliphatic heterocycles. The SMILES string of the molecule is Cn1cc([N+]23C=CN=CC2=NC(Nc2ccc(S(N)(=O)=O)cc2)=N3)cn1. The molecular formula is C15H15N8O2S+. The van der Waals surface area contributed by atoms with Crippen LogP contribution in [0.3, 0.4) is 0 Å². The van der Waals surface area contributed by atoms with Crippen LogP contribution >= 0.6 is 0 Å². The molecule has 10 nitrogen and oxygen atoms in total. The molecule has 2 aliphatic rings. The summed E-state index contributed by atoms with van der Waals surface area (Å²) >= 11 is 0. The maximum absolute atomic E-state index is 11.3. The van der Waals surface area contributed by atoms with Gasteiger partial charge in [0.1, 0.15) is 12.4 Å². The summed E-state index contributed by atoms with van der Waals surface area (Å²) in [5.41, 5.74) is 1.45. The van der Waals surface area contributed by atoms with Gasteiger partial charge in [0, 0.05) is 12.7 Å². The van der Waals surface area contributed by atoms with Gasteiger partial charge in [-0.05, 0) is 29.4 Å². The number of rotatable bonds is 3. The molecule has 132 valence electrons. The highest BCUT2D eigenvalue weighted by molar-refractivity contribution is 7.89. The molecule has 1 unspecified atom stereocenters. The summed E-state index contributed by atoms with van der Waals surface area (Å²) in [5.74, 6) is 0.981. The molecule has 1 atom stereocenters. The van der Waals surface area contributed by atoms with Crippen LogP contribution in [-0.4, -0.2) is 36.2 Å². The Labute approximate surface area is 149 Å². The van der Waals surface area contributed by atoms with E-state index in [9.17, 15) is 8.42 Å². The quantitative estimate of drug-likeness (QED) is 0.771. The predicted molar refractivity (Wildman–Crippen MR) is 98.9 cm³/mol. The highest BCUT2D eigenvalue weighted by atomic mass is 32.2. The Kier molecular flexibility index (Phi) is 3.57. The van der Waals surface area contributed by atoms with E-state index >= 15 is 0 Å². The molecule has 1 aromatic carbocycles. The highest BCUT2D eigenvalue weighted by Gasteiger charge is 2.43. The second kappa shape index (κ2) is 5.69. The number of aliphatic imine (C=N–C) groups is 2. The molecule has 0 radical (unpaired) electrons.